The van der Waals surface area contributed by atoms with Crippen molar-refractivity contribution in [2.45, 2.75) is 83.8 Å². The highest BCUT2D eigenvalue weighted by Gasteiger charge is 2.42. The fraction of sp³-hybridized carbons (Fsp3) is 0.579. The summed E-state index contributed by atoms with van der Waals surface area (Å²) < 4.78 is 0. The average molecular weight is 598 g/mol. The lowest BCUT2D eigenvalue weighted by atomic mass is 9.80. The topological polar surface area (TPSA) is 85.4 Å². The molecule has 4 aliphatic rings. The first-order valence-corrected chi connectivity index (χ1v) is 17.2. The minimum atomic E-state index is -0.290. The number of nitrogens with one attached hydrogen (secondary N) is 2. The van der Waals surface area contributed by atoms with E-state index in [1.807, 2.05) is 0 Å². The first kappa shape index (κ1) is 31.0. The molecule has 0 saturated heterocycles. The van der Waals surface area contributed by atoms with E-state index >= 15 is 0 Å². The van der Waals surface area contributed by atoms with Gasteiger partial charge in [0, 0.05) is 54.0 Å². The number of ketones is 1. The molecular formula is C38H51N3O3. The van der Waals surface area contributed by atoms with E-state index < -0.39 is 0 Å². The summed E-state index contributed by atoms with van der Waals surface area (Å²) >= 11 is 0. The molecule has 1 aromatic heterocycles. The number of aliphatic hydroxyl groups excluding tert-OH is 1. The molecule has 44 heavy (non-hydrogen) atoms. The summed E-state index contributed by atoms with van der Waals surface area (Å²) in [4.78, 5) is 31.4. The third-order valence-electron chi connectivity index (χ3n) is 11.0. The highest BCUT2D eigenvalue weighted by Crippen LogP contribution is 2.43. The second-order valence-corrected chi connectivity index (χ2v) is 14.2. The molecule has 6 heteroatoms. The Hall–Kier alpha value is -2.96. The number of rotatable bonds is 14. The zero-order valence-electron chi connectivity index (χ0n) is 26.8. The number of aromatic nitrogens is 1. The Kier molecular flexibility index (Phi) is 9.58. The number of unbranched alkanes of at least 4 members (excludes halogenated alkanes) is 1. The molecule has 0 unspecified atom stereocenters. The SMILES string of the molecule is CCCC[C@@H](C)[C@H](O)CC[C@H]1C=CC(=O)[C@@H]1CC=CC[C@@H]1C[C@H]1C(=O)NC[C@@H]1C=C2c3cccc4[nH]cc(c34)C[C@H]2N(C)C1. The molecule has 6 rings (SSSR count). The van der Waals surface area contributed by atoms with Gasteiger partial charge in [0.2, 0.25) is 5.91 Å². The van der Waals surface area contributed by atoms with E-state index in [4.69, 9.17) is 0 Å². The number of benzene rings is 1. The summed E-state index contributed by atoms with van der Waals surface area (Å²) in [6.45, 7) is 5.95. The van der Waals surface area contributed by atoms with Crippen LogP contribution in [0.5, 0.6) is 0 Å². The number of allylic oxidation sites excluding steroid dienone is 4. The fourth-order valence-electron chi connectivity index (χ4n) is 8.02. The van der Waals surface area contributed by atoms with Gasteiger partial charge in [-0.15, -0.1) is 0 Å². The van der Waals surface area contributed by atoms with E-state index in [1.165, 1.54) is 27.6 Å². The Balaban J connectivity index is 0.942. The highest BCUT2D eigenvalue weighted by atomic mass is 16.3. The fourth-order valence-corrected chi connectivity index (χ4v) is 8.02. The second kappa shape index (κ2) is 13.6. The number of aliphatic hydroxyl groups is 1. The molecule has 0 bridgehead atoms. The summed E-state index contributed by atoms with van der Waals surface area (Å²) in [5.41, 5.74) is 5.35. The average Bonchev–Trinajstić information content (AvgIpc) is 3.55. The molecule has 1 aromatic carbocycles. The Morgan fingerprint density at radius 1 is 1.23 bits per heavy atom. The van der Waals surface area contributed by atoms with Crippen LogP contribution in [0.2, 0.25) is 0 Å². The molecule has 0 spiro atoms. The van der Waals surface area contributed by atoms with Crippen molar-refractivity contribution in [3.05, 3.63) is 65.9 Å². The number of hydrogen-bond donors (Lipinski definition) is 3. The Bertz CT molecular complexity index is 1440. The van der Waals surface area contributed by atoms with Gasteiger partial charge >= 0.3 is 0 Å². The molecule has 8 atom stereocenters. The highest BCUT2D eigenvalue weighted by molar-refractivity contribution is 5.98. The van der Waals surface area contributed by atoms with Gasteiger partial charge < -0.3 is 15.4 Å². The van der Waals surface area contributed by atoms with E-state index in [2.05, 4.69) is 84.8 Å². The maximum atomic E-state index is 13.0. The first-order chi connectivity index (χ1) is 21.3. The van der Waals surface area contributed by atoms with Gasteiger partial charge in [0.1, 0.15) is 0 Å². The van der Waals surface area contributed by atoms with Crippen LogP contribution in [0.4, 0.5) is 0 Å². The minimum Gasteiger partial charge on any atom is -0.393 e. The molecule has 1 fully saturated rings. The second-order valence-electron chi connectivity index (χ2n) is 14.2. The summed E-state index contributed by atoms with van der Waals surface area (Å²) in [6, 6.07) is 6.93. The number of amides is 1. The van der Waals surface area contributed by atoms with Crippen LogP contribution in [0.25, 0.3) is 16.5 Å². The minimum absolute atomic E-state index is 0.00924. The first-order valence-electron chi connectivity index (χ1n) is 17.2. The van der Waals surface area contributed by atoms with Gasteiger partial charge in [-0.05, 0) is 98.6 Å². The van der Waals surface area contributed by atoms with Crippen LogP contribution < -0.4 is 5.32 Å². The van der Waals surface area contributed by atoms with Crippen molar-refractivity contribution in [3.63, 3.8) is 0 Å². The third-order valence-corrected chi connectivity index (χ3v) is 11.0. The Morgan fingerprint density at radius 2 is 2.07 bits per heavy atom. The van der Waals surface area contributed by atoms with Crippen LogP contribution in [0.1, 0.15) is 76.3 Å². The van der Waals surface area contributed by atoms with Gasteiger partial charge in [0.25, 0.3) is 0 Å². The van der Waals surface area contributed by atoms with Crippen LogP contribution in [0, 0.1) is 35.5 Å². The Morgan fingerprint density at radius 3 is 2.91 bits per heavy atom. The van der Waals surface area contributed by atoms with Gasteiger partial charge in [-0.2, -0.15) is 0 Å². The zero-order valence-corrected chi connectivity index (χ0v) is 26.8. The molecule has 236 valence electrons. The van der Waals surface area contributed by atoms with Crippen molar-refractivity contribution >= 4 is 28.2 Å². The number of hydrogen-bond acceptors (Lipinski definition) is 4. The van der Waals surface area contributed by atoms with E-state index in [1.54, 1.807) is 6.08 Å². The van der Waals surface area contributed by atoms with Crippen LogP contribution in [-0.4, -0.2) is 59.0 Å². The molecule has 1 saturated carbocycles. The lowest BCUT2D eigenvalue weighted by molar-refractivity contribution is -0.122. The van der Waals surface area contributed by atoms with Gasteiger partial charge in [-0.3, -0.25) is 14.5 Å². The smallest absolute Gasteiger partial charge is 0.223 e. The van der Waals surface area contributed by atoms with Crippen molar-refractivity contribution in [3.8, 4) is 0 Å². The van der Waals surface area contributed by atoms with E-state index in [9.17, 15) is 14.7 Å². The van der Waals surface area contributed by atoms with Crippen molar-refractivity contribution in [1.29, 1.82) is 0 Å². The predicted molar refractivity (Wildman–Crippen MR) is 178 cm³/mol. The number of H-pyrrole nitrogens is 1. The zero-order chi connectivity index (χ0) is 30.8. The van der Waals surface area contributed by atoms with E-state index in [0.29, 0.717) is 30.3 Å². The third kappa shape index (κ3) is 6.67. The normalized spacial score (nSPS) is 29.2. The number of nitrogens with zero attached hydrogens (tertiary/aromatic N) is 1. The summed E-state index contributed by atoms with van der Waals surface area (Å²) in [5, 5.41) is 15.2. The van der Waals surface area contributed by atoms with E-state index in [-0.39, 0.29) is 35.5 Å². The van der Waals surface area contributed by atoms with Gasteiger partial charge in [0.15, 0.2) is 5.78 Å². The maximum Gasteiger partial charge on any atom is 0.223 e. The maximum absolute atomic E-state index is 13.0. The number of carbonyl (C=O) groups excluding carboxylic acids is 2. The number of likely N-dealkylation sites (N-methyl/N-ethyl adjacent to an activating group) is 1. The summed E-state index contributed by atoms with van der Waals surface area (Å²) in [7, 11) is 2.21. The summed E-state index contributed by atoms with van der Waals surface area (Å²) in [5.74, 6) is 1.73. The van der Waals surface area contributed by atoms with Crippen LogP contribution >= 0.6 is 0 Å². The van der Waals surface area contributed by atoms with Crippen molar-refractivity contribution in [1.82, 2.24) is 15.2 Å². The standard InChI is InChI=1S/C38H51N3O3/c1-4-5-9-24(2)35(42)16-14-26-15-17-36(43)29(26)11-7-6-10-27-19-31(27)38(44)40-21-25-18-32-30-12-8-13-33-37(30)28(22-39-33)20-34(32)41(3)23-25/h6-8,12-13,15,17-18,22,24-27,29,31,34-35,39,42H,4-5,9-11,14,16,19-21,23H2,1-3H3,(H,40,44)/t24-,25+,26+,27-,29-,31-,34-,35-/m1/s1. The van der Waals surface area contributed by atoms with Crippen LogP contribution in [-0.2, 0) is 16.0 Å². The largest absolute Gasteiger partial charge is 0.393 e. The molecule has 3 N–H and O–H groups in total. The van der Waals surface area contributed by atoms with E-state index in [0.717, 1.165) is 64.3 Å². The lowest BCUT2D eigenvalue weighted by Gasteiger charge is -2.40. The molecule has 3 aliphatic carbocycles. The van der Waals surface area contributed by atoms with Crippen molar-refractivity contribution < 1.29 is 14.7 Å². The van der Waals surface area contributed by atoms with Gasteiger partial charge in [-0.25, -0.2) is 0 Å². The lowest BCUT2D eigenvalue weighted by Crippen LogP contribution is -2.45. The van der Waals surface area contributed by atoms with Crippen LogP contribution in [0.3, 0.4) is 0 Å². The van der Waals surface area contributed by atoms with Gasteiger partial charge in [-0.1, -0.05) is 63.1 Å². The Labute approximate surface area is 263 Å². The van der Waals surface area contributed by atoms with Crippen LogP contribution in [0.15, 0.2) is 54.8 Å². The molecular weight excluding hydrogens is 546 g/mol. The number of fused-ring (bicyclic) bond motifs is 2. The molecule has 2 heterocycles. The number of aromatic amines is 1. The van der Waals surface area contributed by atoms with Crippen molar-refractivity contribution in [2.24, 2.45) is 35.5 Å². The molecule has 2 aromatic rings. The summed E-state index contributed by atoms with van der Waals surface area (Å²) in [6.07, 6.45) is 21.0. The quantitative estimate of drug-likeness (QED) is 0.218. The van der Waals surface area contributed by atoms with Gasteiger partial charge in [0.05, 0.1) is 6.10 Å². The number of carbonyl (C=O) groups is 2. The monoisotopic (exact) mass is 597 g/mol. The van der Waals surface area contributed by atoms with Crippen molar-refractivity contribution in [2.75, 3.05) is 20.1 Å². The molecule has 1 amide bonds. The molecule has 0 radical (unpaired) electrons. The molecule has 1 aliphatic heterocycles. The predicted octanol–water partition coefficient (Wildman–Crippen LogP) is 6.47. The molecule has 6 nitrogen and oxygen atoms in total.